The van der Waals surface area contributed by atoms with Crippen LogP contribution in [0.2, 0.25) is 5.02 Å². The number of hydrogen-bond donors (Lipinski definition) is 2. The average Bonchev–Trinajstić information content (AvgIpc) is 3.18. The number of aromatic nitrogens is 2. The molecule has 1 aliphatic carbocycles. The van der Waals surface area contributed by atoms with Crippen molar-refractivity contribution in [3.8, 4) is 0 Å². The average molecular weight is 285 g/mol. The molecule has 0 unspecified atom stereocenters. The molecule has 2 rings (SSSR count). The first-order valence-electron chi connectivity index (χ1n) is 6.68. The lowest BCUT2D eigenvalue weighted by Crippen LogP contribution is -2.18. The van der Waals surface area contributed by atoms with Crippen LogP contribution in [0, 0.1) is 5.41 Å². The zero-order chi connectivity index (χ0) is 13.7. The molecule has 0 aliphatic heterocycles. The van der Waals surface area contributed by atoms with Crippen LogP contribution >= 0.6 is 11.6 Å². The van der Waals surface area contributed by atoms with Crippen LogP contribution in [0.1, 0.15) is 26.2 Å². The van der Waals surface area contributed by atoms with Gasteiger partial charge in [0.2, 0.25) is 5.95 Å². The number of nitrogens with one attached hydrogen (secondary N) is 2. The predicted molar refractivity (Wildman–Crippen MR) is 77.9 cm³/mol. The Bertz CT molecular complexity index is 423. The van der Waals surface area contributed by atoms with E-state index in [1.54, 1.807) is 13.3 Å². The highest BCUT2D eigenvalue weighted by molar-refractivity contribution is 6.32. The fourth-order valence-corrected chi connectivity index (χ4v) is 2.17. The largest absolute Gasteiger partial charge is 0.385 e. The number of anilines is 2. The predicted octanol–water partition coefficient (Wildman–Crippen LogP) is 2.79. The van der Waals surface area contributed by atoms with Gasteiger partial charge in [0, 0.05) is 26.8 Å². The van der Waals surface area contributed by atoms with Gasteiger partial charge in [0.15, 0.2) is 5.82 Å². The lowest BCUT2D eigenvalue weighted by molar-refractivity contribution is 0.175. The van der Waals surface area contributed by atoms with Gasteiger partial charge in [-0.25, -0.2) is 4.98 Å². The summed E-state index contributed by atoms with van der Waals surface area (Å²) in [6.45, 7) is 4.49. The minimum Gasteiger partial charge on any atom is -0.385 e. The standard InChI is InChI=1S/C13H21ClN4O/c1-3-15-12-16-8-10(14)11(18-12)17-9-13(4-5-13)6-7-19-2/h8H,3-7,9H2,1-2H3,(H2,15,16,17,18). The van der Waals surface area contributed by atoms with Crippen molar-refractivity contribution >= 4 is 23.4 Å². The molecule has 1 aliphatic rings. The summed E-state index contributed by atoms with van der Waals surface area (Å²) in [6.07, 6.45) is 5.20. The van der Waals surface area contributed by atoms with Gasteiger partial charge in [-0.05, 0) is 31.6 Å². The summed E-state index contributed by atoms with van der Waals surface area (Å²) < 4.78 is 5.16. The molecule has 0 aromatic carbocycles. The molecule has 1 heterocycles. The SMILES string of the molecule is CCNc1ncc(Cl)c(NCC2(CCOC)CC2)n1. The molecule has 1 fully saturated rings. The molecule has 0 amide bonds. The van der Waals surface area contributed by atoms with E-state index in [9.17, 15) is 0 Å². The second-order valence-corrected chi connectivity index (χ2v) is 5.42. The molecule has 106 valence electrons. The van der Waals surface area contributed by atoms with Crippen molar-refractivity contribution in [1.82, 2.24) is 9.97 Å². The third-order valence-corrected chi connectivity index (χ3v) is 3.78. The number of hydrogen-bond acceptors (Lipinski definition) is 5. The summed E-state index contributed by atoms with van der Waals surface area (Å²) in [6, 6.07) is 0. The van der Waals surface area contributed by atoms with Crippen LogP contribution in [0.4, 0.5) is 11.8 Å². The molecule has 19 heavy (non-hydrogen) atoms. The maximum Gasteiger partial charge on any atom is 0.224 e. The van der Waals surface area contributed by atoms with Gasteiger partial charge >= 0.3 is 0 Å². The minimum atomic E-state index is 0.364. The van der Waals surface area contributed by atoms with E-state index in [2.05, 4.69) is 20.6 Å². The quantitative estimate of drug-likeness (QED) is 0.769. The van der Waals surface area contributed by atoms with E-state index in [1.807, 2.05) is 6.92 Å². The van der Waals surface area contributed by atoms with Gasteiger partial charge in [0.25, 0.3) is 0 Å². The Morgan fingerprint density at radius 2 is 2.21 bits per heavy atom. The van der Waals surface area contributed by atoms with Gasteiger partial charge in [-0.2, -0.15) is 4.98 Å². The fraction of sp³-hybridized carbons (Fsp3) is 0.692. The first-order valence-corrected chi connectivity index (χ1v) is 7.06. The van der Waals surface area contributed by atoms with Gasteiger partial charge in [0.1, 0.15) is 5.02 Å². The lowest BCUT2D eigenvalue weighted by atomic mass is 10.0. The Hall–Kier alpha value is -1.07. The Balaban J connectivity index is 1.93. The Kier molecular flexibility index (Phi) is 4.82. The number of methoxy groups -OCH3 is 1. The van der Waals surface area contributed by atoms with Crippen LogP contribution in [-0.2, 0) is 4.74 Å². The number of ether oxygens (including phenoxy) is 1. The van der Waals surface area contributed by atoms with Gasteiger partial charge < -0.3 is 15.4 Å². The summed E-state index contributed by atoms with van der Waals surface area (Å²) >= 11 is 6.11. The first kappa shape index (κ1) is 14.3. The van der Waals surface area contributed by atoms with Gasteiger partial charge in [-0.1, -0.05) is 11.6 Å². The zero-order valence-electron chi connectivity index (χ0n) is 11.5. The summed E-state index contributed by atoms with van der Waals surface area (Å²) in [5.74, 6) is 1.31. The Morgan fingerprint density at radius 3 is 2.84 bits per heavy atom. The van der Waals surface area contributed by atoms with E-state index >= 15 is 0 Å². The van der Waals surface area contributed by atoms with Crippen molar-refractivity contribution in [2.45, 2.75) is 26.2 Å². The monoisotopic (exact) mass is 284 g/mol. The second kappa shape index (κ2) is 6.39. The van der Waals surface area contributed by atoms with Gasteiger partial charge in [-0.3, -0.25) is 0 Å². The highest BCUT2D eigenvalue weighted by Crippen LogP contribution is 2.48. The zero-order valence-corrected chi connectivity index (χ0v) is 12.3. The van der Waals surface area contributed by atoms with E-state index in [1.165, 1.54) is 12.8 Å². The first-order chi connectivity index (χ1) is 9.19. The Labute approximate surface area is 119 Å². The smallest absolute Gasteiger partial charge is 0.224 e. The number of nitrogens with zero attached hydrogens (tertiary/aromatic N) is 2. The van der Waals surface area contributed by atoms with E-state index in [0.29, 0.717) is 22.2 Å². The minimum absolute atomic E-state index is 0.364. The van der Waals surface area contributed by atoms with Crippen LogP contribution in [0.3, 0.4) is 0 Å². The number of halogens is 1. The molecule has 2 N–H and O–H groups in total. The molecule has 1 aromatic heterocycles. The van der Waals surface area contributed by atoms with Crippen molar-refractivity contribution in [3.63, 3.8) is 0 Å². The second-order valence-electron chi connectivity index (χ2n) is 5.02. The van der Waals surface area contributed by atoms with Crippen LogP contribution < -0.4 is 10.6 Å². The van der Waals surface area contributed by atoms with E-state index in [-0.39, 0.29) is 0 Å². The van der Waals surface area contributed by atoms with Crippen molar-refractivity contribution in [3.05, 3.63) is 11.2 Å². The molecule has 1 saturated carbocycles. The van der Waals surface area contributed by atoms with E-state index in [4.69, 9.17) is 16.3 Å². The topological polar surface area (TPSA) is 59.1 Å². The summed E-state index contributed by atoms with van der Waals surface area (Å²) in [5, 5.41) is 6.99. The third-order valence-electron chi connectivity index (χ3n) is 3.50. The molecular formula is C13H21ClN4O. The summed E-state index contributed by atoms with van der Waals surface area (Å²) in [7, 11) is 1.74. The van der Waals surface area contributed by atoms with E-state index in [0.717, 1.165) is 26.1 Å². The molecule has 5 nitrogen and oxygen atoms in total. The van der Waals surface area contributed by atoms with Crippen molar-refractivity contribution < 1.29 is 4.74 Å². The fourth-order valence-electron chi connectivity index (χ4n) is 2.02. The normalized spacial score (nSPS) is 16.2. The van der Waals surface area contributed by atoms with Crippen molar-refractivity contribution in [2.24, 2.45) is 5.41 Å². The molecule has 1 aromatic rings. The molecule has 0 saturated heterocycles. The highest BCUT2D eigenvalue weighted by atomic mass is 35.5. The molecule has 0 bridgehead atoms. The molecule has 0 spiro atoms. The molecule has 6 heteroatoms. The maximum atomic E-state index is 6.11. The molecule has 0 radical (unpaired) electrons. The van der Waals surface area contributed by atoms with Gasteiger partial charge in [-0.15, -0.1) is 0 Å². The van der Waals surface area contributed by atoms with Crippen molar-refractivity contribution in [2.75, 3.05) is 37.4 Å². The summed E-state index contributed by atoms with van der Waals surface area (Å²) in [4.78, 5) is 8.50. The lowest BCUT2D eigenvalue weighted by Gasteiger charge is -2.16. The van der Waals surface area contributed by atoms with Crippen molar-refractivity contribution in [1.29, 1.82) is 0 Å². The highest BCUT2D eigenvalue weighted by Gasteiger charge is 2.41. The van der Waals surface area contributed by atoms with Crippen LogP contribution in [0.15, 0.2) is 6.20 Å². The molecular weight excluding hydrogens is 264 g/mol. The number of rotatable bonds is 8. The van der Waals surface area contributed by atoms with Crippen LogP contribution in [0.25, 0.3) is 0 Å². The Morgan fingerprint density at radius 1 is 1.42 bits per heavy atom. The summed E-state index contributed by atoms with van der Waals surface area (Å²) in [5.41, 5.74) is 0.364. The van der Waals surface area contributed by atoms with Crippen LogP contribution in [-0.4, -0.2) is 36.8 Å². The third kappa shape index (κ3) is 3.94. The van der Waals surface area contributed by atoms with E-state index < -0.39 is 0 Å². The molecule has 0 atom stereocenters. The van der Waals surface area contributed by atoms with Gasteiger partial charge in [0.05, 0.1) is 6.20 Å². The maximum absolute atomic E-state index is 6.11. The van der Waals surface area contributed by atoms with Crippen LogP contribution in [0.5, 0.6) is 0 Å².